The summed E-state index contributed by atoms with van der Waals surface area (Å²) < 4.78 is 35.6. The lowest BCUT2D eigenvalue weighted by atomic mass is 10.0. The van der Waals surface area contributed by atoms with Gasteiger partial charge in [-0.3, -0.25) is 0 Å². The lowest BCUT2D eigenvalue weighted by Gasteiger charge is -2.26. The first kappa shape index (κ1) is 17.4. The average molecular weight is 380 g/mol. The number of rotatable bonds is 5. The van der Waals surface area contributed by atoms with E-state index in [0.717, 1.165) is 18.4 Å². The topological polar surface area (TPSA) is 79.5 Å². The van der Waals surface area contributed by atoms with Crippen molar-refractivity contribution in [2.75, 3.05) is 19.7 Å². The fraction of sp³-hybridized carbons (Fsp3) is 0.571. The van der Waals surface area contributed by atoms with Gasteiger partial charge in [-0.05, 0) is 30.5 Å². The van der Waals surface area contributed by atoms with E-state index in [-0.39, 0.29) is 6.04 Å². The molecule has 1 aromatic carbocycles. The molecule has 0 unspecified atom stereocenters. The van der Waals surface area contributed by atoms with E-state index in [2.05, 4.69) is 14.8 Å². The molecule has 23 heavy (non-hydrogen) atoms. The van der Waals surface area contributed by atoms with E-state index in [4.69, 9.17) is 27.9 Å². The van der Waals surface area contributed by atoms with Gasteiger partial charge in [-0.15, -0.1) is 0 Å². The molecule has 0 spiro atoms. The van der Waals surface area contributed by atoms with Crippen molar-refractivity contribution in [2.24, 2.45) is 0 Å². The molecule has 2 fully saturated rings. The van der Waals surface area contributed by atoms with Crippen LogP contribution >= 0.6 is 23.2 Å². The maximum Gasteiger partial charge on any atom is 0.277 e. The first-order valence-corrected chi connectivity index (χ1v) is 9.75. The second kappa shape index (κ2) is 7.23. The number of hydrogen-bond donors (Lipinski definition) is 3. The largest absolute Gasteiger partial charge is 0.370 e. The summed E-state index contributed by atoms with van der Waals surface area (Å²) in [5.41, 5.74) is 0.794. The maximum atomic E-state index is 12.2. The first-order valence-electron chi connectivity index (χ1n) is 7.51. The van der Waals surface area contributed by atoms with Gasteiger partial charge in [-0.2, -0.15) is 17.9 Å². The second-order valence-electron chi connectivity index (χ2n) is 5.79. The molecule has 2 aliphatic rings. The Morgan fingerprint density at radius 2 is 1.96 bits per heavy atom. The molecule has 1 saturated heterocycles. The zero-order valence-corrected chi connectivity index (χ0v) is 14.7. The summed E-state index contributed by atoms with van der Waals surface area (Å²) in [6, 6.07) is 4.83. The summed E-state index contributed by atoms with van der Waals surface area (Å²) in [7, 11) is -3.57. The van der Waals surface area contributed by atoms with Crippen molar-refractivity contribution in [1.29, 1.82) is 0 Å². The SMILES string of the molecule is O=S(=O)(NC1CC1)N[C@@H]1CNCCO[C@H]1c1ccc(Cl)c(Cl)c1. The zero-order chi connectivity index (χ0) is 16.4. The third-order valence-corrected chi connectivity index (χ3v) is 5.78. The Kier molecular flexibility index (Phi) is 5.47. The Bertz CT molecular complexity index is 667. The minimum Gasteiger partial charge on any atom is -0.370 e. The van der Waals surface area contributed by atoms with Crippen molar-refractivity contribution in [3.63, 3.8) is 0 Å². The summed E-state index contributed by atoms with van der Waals surface area (Å²) in [5, 5.41) is 4.05. The van der Waals surface area contributed by atoms with Crippen molar-refractivity contribution in [2.45, 2.75) is 31.0 Å². The third-order valence-electron chi connectivity index (χ3n) is 3.78. The molecule has 0 radical (unpaired) electrons. The van der Waals surface area contributed by atoms with Crippen LogP contribution < -0.4 is 14.8 Å². The predicted octanol–water partition coefficient (Wildman–Crippen LogP) is 1.61. The van der Waals surface area contributed by atoms with Crippen LogP contribution in [0.3, 0.4) is 0 Å². The third kappa shape index (κ3) is 4.79. The Labute approximate surface area is 146 Å². The van der Waals surface area contributed by atoms with Crippen molar-refractivity contribution < 1.29 is 13.2 Å². The zero-order valence-electron chi connectivity index (χ0n) is 12.4. The van der Waals surface area contributed by atoms with Gasteiger partial charge in [0.05, 0.1) is 22.7 Å². The van der Waals surface area contributed by atoms with Crippen LogP contribution in [0.4, 0.5) is 0 Å². The smallest absolute Gasteiger partial charge is 0.277 e. The van der Waals surface area contributed by atoms with Crippen molar-refractivity contribution in [1.82, 2.24) is 14.8 Å². The normalized spacial score (nSPS) is 26.0. The van der Waals surface area contributed by atoms with Gasteiger partial charge in [0.25, 0.3) is 10.2 Å². The van der Waals surface area contributed by atoms with Crippen LogP contribution in [0.1, 0.15) is 24.5 Å². The minimum absolute atomic E-state index is 0.0515. The van der Waals surface area contributed by atoms with Crippen LogP contribution in [0.5, 0.6) is 0 Å². The van der Waals surface area contributed by atoms with Crippen LogP contribution in [0.2, 0.25) is 10.0 Å². The van der Waals surface area contributed by atoms with E-state index in [0.29, 0.717) is 29.7 Å². The summed E-state index contributed by atoms with van der Waals surface area (Å²) >= 11 is 12.0. The minimum atomic E-state index is -3.57. The fourth-order valence-electron chi connectivity index (χ4n) is 2.51. The Balaban J connectivity index is 1.80. The highest BCUT2D eigenvalue weighted by Gasteiger charge is 2.33. The van der Waals surface area contributed by atoms with Crippen LogP contribution in [0, 0.1) is 0 Å². The van der Waals surface area contributed by atoms with E-state index >= 15 is 0 Å². The highest BCUT2D eigenvalue weighted by atomic mass is 35.5. The number of halogens is 2. The van der Waals surface area contributed by atoms with E-state index in [1.165, 1.54) is 0 Å². The van der Waals surface area contributed by atoms with Crippen LogP contribution in [0.15, 0.2) is 18.2 Å². The maximum absolute atomic E-state index is 12.2. The van der Waals surface area contributed by atoms with E-state index in [1.807, 2.05) is 0 Å². The monoisotopic (exact) mass is 379 g/mol. The quantitative estimate of drug-likeness (QED) is 0.725. The second-order valence-corrected chi connectivity index (χ2v) is 8.08. The van der Waals surface area contributed by atoms with Crippen LogP contribution in [0.25, 0.3) is 0 Å². The predicted molar refractivity (Wildman–Crippen MR) is 90.0 cm³/mol. The van der Waals surface area contributed by atoms with Gasteiger partial charge < -0.3 is 10.1 Å². The highest BCUT2D eigenvalue weighted by Crippen LogP contribution is 2.30. The average Bonchev–Trinajstić information content (AvgIpc) is 3.29. The van der Waals surface area contributed by atoms with Crippen molar-refractivity contribution >= 4 is 33.4 Å². The molecule has 128 valence electrons. The van der Waals surface area contributed by atoms with Crippen LogP contribution in [-0.2, 0) is 14.9 Å². The van der Waals surface area contributed by atoms with Crippen molar-refractivity contribution in [3.8, 4) is 0 Å². The van der Waals surface area contributed by atoms with Gasteiger partial charge in [-0.1, -0.05) is 29.3 Å². The molecule has 1 aliphatic carbocycles. The van der Waals surface area contributed by atoms with E-state index < -0.39 is 22.4 Å². The molecule has 3 N–H and O–H groups in total. The summed E-state index contributed by atoms with van der Waals surface area (Å²) in [4.78, 5) is 0. The molecule has 3 rings (SSSR count). The van der Waals surface area contributed by atoms with E-state index in [9.17, 15) is 8.42 Å². The molecular formula is C14H19Cl2N3O3S. The molecule has 9 heteroatoms. The lowest BCUT2D eigenvalue weighted by molar-refractivity contribution is 0.0492. The highest BCUT2D eigenvalue weighted by molar-refractivity contribution is 7.87. The molecule has 1 aromatic rings. The number of benzene rings is 1. The molecule has 2 atom stereocenters. The van der Waals surface area contributed by atoms with Gasteiger partial charge in [0, 0.05) is 19.1 Å². The first-order chi connectivity index (χ1) is 10.9. The Morgan fingerprint density at radius 3 is 2.65 bits per heavy atom. The molecule has 1 saturated carbocycles. The van der Waals surface area contributed by atoms with Gasteiger partial charge in [0.1, 0.15) is 6.10 Å². The molecule has 0 aromatic heterocycles. The molecule has 6 nitrogen and oxygen atoms in total. The van der Waals surface area contributed by atoms with Gasteiger partial charge >= 0.3 is 0 Å². The molecule has 1 heterocycles. The van der Waals surface area contributed by atoms with Gasteiger partial charge in [-0.25, -0.2) is 0 Å². The number of nitrogens with one attached hydrogen (secondary N) is 3. The standard InChI is InChI=1S/C14H19Cl2N3O3S/c15-11-4-1-9(7-12(11)16)14-13(8-17-5-6-22-14)19-23(20,21)18-10-2-3-10/h1,4,7,10,13-14,17-19H,2-3,5-6,8H2/t13-,14+/m1/s1. The number of ether oxygens (including phenoxy) is 1. The molecule has 0 amide bonds. The Hall–Kier alpha value is -0.410. The molecular weight excluding hydrogens is 361 g/mol. The Morgan fingerprint density at radius 1 is 1.17 bits per heavy atom. The fourth-order valence-corrected chi connectivity index (χ4v) is 4.17. The molecule has 0 bridgehead atoms. The van der Waals surface area contributed by atoms with Gasteiger partial charge in [0.2, 0.25) is 0 Å². The number of hydrogen-bond acceptors (Lipinski definition) is 4. The lowest BCUT2D eigenvalue weighted by Crippen LogP contribution is -2.49. The van der Waals surface area contributed by atoms with Gasteiger partial charge in [0.15, 0.2) is 0 Å². The van der Waals surface area contributed by atoms with Crippen LogP contribution in [-0.4, -0.2) is 40.2 Å². The van der Waals surface area contributed by atoms with E-state index in [1.54, 1.807) is 18.2 Å². The summed E-state index contributed by atoms with van der Waals surface area (Å²) in [6.45, 7) is 1.61. The summed E-state index contributed by atoms with van der Waals surface area (Å²) in [6.07, 6.45) is 1.34. The summed E-state index contributed by atoms with van der Waals surface area (Å²) in [5.74, 6) is 0. The molecule has 1 aliphatic heterocycles. The van der Waals surface area contributed by atoms with Crippen molar-refractivity contribution in [3.05, 3.63) is 33.8 Å².